The molecule has 0 aromatic carbocycles. The van der Waals surface area contributed by atoms with Crippen molar-refractivity contribution < 1.29 is 9.53 Å². The molecule has 0 saturated heterocycles. The van der Waals surface area contributed by atoms with E-state index in [1.165, 1.54) is 18.2 Å². The van der Waals surface area contributed by atoms with E-state index in [1.807, 2.05) is 0 Å². The van der Waals surface area contributed by atoms with Crippen LogP contribution in [-0.4, -0.2) is 27.2 Å². The van der Waals surface area contributed by atoms with E-state index >= 15 is 0 Å². The predicted molar refractivity (Wildman–Crippen MR) is 81.3 cm³/mol. The van der Waals surface area contributed by atoms with Crippen LogP contribution in [0.25, 0.3) is 5.65 Å². The standard InChI is InChI=1S/C17H19N3O2/c1-17(2)12-5-4-11(14(17)8-12)10-22-16(21)13-9-19-20-7-3-6-18-15(13)20/h3-4,6-7,9,12,14H,5,8,10H2,1-2H3/t12-,14-/m0/s1. The number of ether oxygens (including phenoxy) is 1. The molecule has 1 saturated carbocycles. The Balaban J connectivity index is 1.48. The van der Waals surface area contributed by atoms with Gasteiger partial charge < -0.3 is 4.74 Å². The van der Waals surface area contributed by atoms with Crippen molar-refractivity contribution in [3.63, 3.8) is 0 Å². The molecule has 0 aliphatic heterocycles. The molecule has 3 aliphatic carbocycles. The minimum Gasteiger partial charge on any atom is -0.457 e. The lowest BCUT2D eigenvalue weighted by Crippen LogP contribution is -2.48. The second-order valence-electron chi connectivity index (χ2n) is 6.84. The zero-order valence-corrected chi connectivity index (χ0v) is 12.8. The van der Waals surface area contributed by atoms with Gasteiger partial charge in [0.25, 0.3) is 0 Å². The maximum atomic E-state index is 12.3. The molecule has 5 heteroatoms. The number of carbonyl (C=O) groups is 1. The molecule has 114 valence electrons. The molecule has 0 amide bonds. The van der Waals surface area contributed by atoms with Gasteiger partial charge in [0.2, 0.25) is 0 Å². The van der Waals surface area contributed by atoms with Crippen LogP contribution in [0, 0.1) is 17.3 Å². The first kappa shape index (κ1) is 13.5. The first-order valence-electron chi connectivity index (χ1n) is 7.72. The summed E-state index contributed by atoms with van der Waals surface area (Å²) >= 11 is 0. The van der Waals surface area contributed by atoms with E-state index in [9.17, 15) is 4.79 Å². The zero-order chi connectivity index (χ0) is 15.3. The van der Waals surface area contributed by atoms with Crippen LogP contribution in [0.4, 0.5) is 0 Å². The number of carbonyl (C=O) groups excluding carboxylic acids is 1. The number of hydrogen-bond acceptors (Lipinski definition) is 4. The Kier molecular flexibility index (Phi) is 2.86. The lowest BCUT2D eigenvalue weighted by Gasteiger charge is -2.56. The van der Waals surface area contributed by atoms with E-state index < -0.39 is 0 Å². The highest BCUT2D eigenvalue weighted by Crippen LogP contribution is 2.59. The third-order valence-corrected chi connectivity index (χ3v) is 5.45. The van der Waals surface area contributed by atoms with Gasteiger partial charge in [-0.2, -0.15) is 5.10 Å². The minimum atomic E-state index is -0.353. The predicted octanol–water partition coefficient (Wildman–Crippen LogP) is 2.88. The van der Waals surface area contributed by atoms with Gasteiger partial charge in [-0.3, -0.25) is 0 Å². The summed E-state index contributed by atoms with van der Waals surface area (Å²) in [5.41, 5.74) is 2.57. The second kappa shape index (κ2) is 4.66. The lowest BCUT2D eigenvalue weighted by atomic mass is 9.49. The van der Waals surface area contributed by atoms with E-state index in [-0.39, 0.29) is 5.97 Å². The molecule has 1 fully saturated rings. The molecule has 0 spiro atoms. The van der Waals surface area contributed by atoms with Gasteiger partial charge in [0, 0.05) is 12.4 Å². The molecule has 2 bridgehead atoms. The van der Waals surface area contributed by atoms with Crippen molar-refractivity contribution in [2.24, 2.45) is 17.3 Å². The summed E-state index contributed by atoms with van der Waals surface area (Å²) in [6.45, 7) is 5.01. The third kappa shape index (κ3) is 1.88. The summed E-state index contributed by atoms with van der Waals surface area (Å²) in [4.78, 5) is 16.5. The summed E-state index contributed by atoms with van der Waals surface area (Å²) in [5.74, 6) is 0.996. The van der Waals surface area contributed by atoms with Gasteiger partial charge in [-0.25, -0.2) is 14.3 Å². The number of allylic oxidation sites excluding steroid dienone is 1. The highest BCUT2D eigenvalue weighted by atomic mass is 16.5. The highest BCUT2D eigenvalue weighted by Gasteiger charge is 2.51. The fourth-order valence-corrected chi connectivity index (χ4v) is 3.84. The van der Waals surface area contributed by atoms with Crippen molar-refractivity contribution in [1.29, 1.82) is 0 Å². The third-order valence-electron chi connectivity index (χ3n) is 5.45. The summed E-state index contributed by atoms with van der Waals surface area (Å²) < 4.78 is 7.10. The molecule has 22 heavy (non-hydrogen) atoms. The maximum Gasteiger partial charge on any atom is 0.343 e. The van der Waals surface area contributed by atoms with E-state index in [0.717, 1.165) is 12.3 Å². The van der Waals surface area contributed by atoms with E-state index in [0.29, 0.717) is 29.2 Å². The molecular formula is C17H19N3O2. The zero-order valence-electron chi connectivity index (χ0n) is 12.8. The van der Waals surface area contributed by atoms with Crippen molar-refractivity contribution >= 4 is 11.6 Å². The fourth-order valence-electron chi connectivity index (χ4n) is 3.84. The Morgan fingerprint density at radius 2 is 2.36 bits per heavy atom. The summed E-state index contributed by atoms with van der Waals surface area (Å²) in [6.07, 6.45) is 9.52. The number of fused-ring (bicyclic) bond motifs is 2. The number of rotatable bonds is 3. The van der Waals surface area contributed by atoms with Crippen LogP contribution in [0.1, 0.15) is 37.0 Å². The molecule has 2 heterocycles. The Morgan fingerprint density at radius 3 is 3.14 bits per heavy atom. The van der Waals surface area contributed by atoms with Crippen LogP contribution in [0.5, 0.6) is 0 Å². The monoisotopic (exact) mass is 297 g/mol. The van der Waals surface area contributed by atoms with Crippen LogP contribution in [0.15, 0.2) is 36.3 Å². The van der Waals surface area contributed by atoms with E-state index in [4.69, 9.17) is 4.74 Å². The quantitative estimate of drug-likeness (QED) is 0.645. The van der Waals surface area contributed by atoms with Crippen molar-refractivity contribution in [3.05, 3.63) is 41.9 Å². The smallest absolute Gasteiger partial charge is 0.343 e. The van der Waals surface area contributed by atoms with Gasteiger partial charge in [-0.1, -0.05) is 19.9 Å². The second-order valence-corrected chi connectivity index (χ2v) is 6.84. The van der Waals surface area contributed by atoms with Crippen molar-refractivity contribution in [3.8, 4) is 0 Å². The first-order valence-corrected chi connectivity index (χ1v) is 7.72. The van der Waals surface area contributed by atoms with Crippen molar-refractivity contribution in [1.82, 2.24) is 14.6 Å². The van der Waals surface area contributed by atoms with Crippen molar-refractivity contribution in [2.45, 2.75) is 26.7 Å². The van der Waals surface area contributed by atoms with Crippen molar-refractivity contribution in [2.75, 3.05) is 6.61 Å². The molecule has 0 radical (unpaired) electrons. The van der Waals surface area contributed by atoms with Crippen LogP contribution in [0.2, 0.25) is 0 Å². The number of nitrogens with zero attached hydrogens (tertiary/aromatic N) is 3. The first-order chi connectivity index (χ1) is 10.6. The normalized spacial score (nSPS) is 25.5. The Bertz CT molecular complexity index is 775. The van der Waals surface area contributed by atoms with Gasteiger partial charge >= 0.3 is 5.97 Å². The van der Waals surface area contributed by atoms with Gasteiger partial charge in [0.05, 0.1) is 6.20 Å². The van der Waals surface area contributed by atoms with E-state index in [2.05, 4.69) is 30.0 Å². The van der Waals surface area contributed by atoms with Crippen LogP contribution >= 0.6 is 0 Å². The molecule has 5 rings (SSSR count). The van der Waals surface area contributed by atoms with E-state index in [1.54, 1.807) is 23.0 Å². The molecular weight excluding hydrogens is 278 g/mol. The number of esters is 1. The molecule has 3 aliphatic rings. The van der Waals surface area contributed by atoms with Gasteiger partial charge in [-0.05, 0) is 41.7 Å². The lowest BCUT2D eigenvalue weighted by molar-refractivity contribution is -0.0155. The average Bonchev–Trinajstić information content (AvgIpc) is 2.96. The molecule has 2 aromatic heterocycles. The molecule has 2 atom stereocenters. The molecule has 0 unspecified atom stereocenters. The summed E-state index contributed by atoms with van der Waals surface area (Å²) in [5, 5.41) is 4.12. The Hall–Kier alpha value is -2.17. The topological polar surface area (TPSA) is 56.5 Å². The summed E-state index contributed by atoms with van der Waals surface area (Å²) in [7, 11) is 0. The highest BCUT2D eigenvalue weighted by molar-refractivity contribution is 5.95. The van der Waals surface area contributed by atoms with Crippen LogP contribution in [0.3, 0.4) is 0 Å². The van der Waals surface area contributed by atoms with Gasteiger partial charge in [0.1, 0.15) is 12.2 Å². The Morgan fingerprint density at radius 1 is 1.50 bits per heavy atom. The Labute approximate surface area is 129 Å². The fraction of sp³-hybridized carbons (Fsp3) is 0.471. The van der Waals surface area contributed by atoms with Crippen LogP contribution < -0.4 is 0 Å². The molecule has 0 N–H and O–H groups in total. The van der Waals surface area contributed by atoms with Gasteiger partial charge in [0.15, 0.2) is 5.65 Å². The van der Waals surface area contributed by atoms with Crippen LogP contribution in [-0.2, 0) is 4.74 Å². The number of hydrogen-bond donors (Lipinski definition) is 0. The maximum absolute atomic E-state index is 12.3. The SMILES string of the molecule is CC1(C)[C@H]2CC=C(COC(=O)c3cnn4cccnc34)[C@@H]1C2. The summed E-state index contributed by atoms with van der Waals surface area (Å²) in [6, 6.07) is 1.77. The number of aromatic nitrogens is 3. The molecule has 2 aromatic rings. The minimum absolute atomic E-state index is 0.350. The van der Waals surface area contributed by atoms with Gasteiger partial charge in [-0.15, -0.1) is 0 Å². The average molecular weight is 297 g/mol. The largest absolute Gasteiger partial charge is 0.457 e. The molecule has 5 nitrogen and oxygen atoms in total.